The third-order valence-electron chi connectivity index (χ3n) is 4.15. The number of rotatable bonds is 2. The minimum atomic E-state index is -0.912. The first kappa shape index (κ1) is 12.9. The molecular weight excluding hydrogens is 250 g/mol. The Morgan fingerprint density at radius 2 is 2.10 bits per heavy atom. The highest BCUT2D eigenvalue weighted by atomic mass is 16.4. The predicted octanol–water partition coefficient (Wildman–Crippen LogP) is 3.44. The number of pyridine rings is 1. The van der Waals surface area contributed by atoms with E-state index in [0.29, 0.717) is 0 Å². The first-order valence-electron chi connectivity index (χ1n) is 6.90. The van der Waals surface area contributed by atoms with Gasteiger partial charge in [0.1, 0.15) is 0 Å². The van der Waals surface area contributed by atoms with E-state index in [9.17, 15) is 4.79 Å². The lowest BCUT2D eigenvalue weighted by atomic mass is 9.97. The van der Waals surface area contributed by atoms with Crippen molar-refractivity contribution < 1.29 is 9.90 Å². The molecule has 3 heteroatoms. The Hall–Kier alpha value is -2.16. The summed E-state index contributed by atoms with van der Waals surface area (Å²) in [5.41, 5.74) is 6.80. The SMILES string of the molecule is Cc1ccc2c(/C=C/C(=O)O)c3c(nc2c1C)CCC3. The van der Waals surface area contributed by atoms with Crippen LogP contribution in [0.25, 0.3) is 17.0 Å². The molecule has 1 heterocycles. The number of nitrogens with zero attached hydrogens (tertiary/aromatic N) is 1. The van der Waals surface area contributed by atoms with Crippen LogP contribution in [0.5, 0.6) is 0 Å². The van der Waals surface area contributed by atoms with Gasteiger partial charge in [0.15, 0.2) is 0 Å². The third kappa shape index (κ3) is 1.99. The molecule has 1 aromatic carbocycles. The lowest BCUT2D eigenvalue weighted by molar-refractivity contribution is -0.131. The first-order chi connectivity index (χ1) is 9.58. The van der Waals surface area contributed by atoms with Gasteiger partial charge >= 0.3 is 5.97 Å². The van der Waals surface area contributed by atoms with Gasteiger partial charge in [-0.3, -0.25) is 4.98 Å². The van der Waals surface area contributed by atoms with Crippen LogP contribution in [0.1, 0.15) is 34.4 Å². The van der Waals surface area contributed by atoms with E-state index in [1.807, 2.05) is 0 Å². The average molecular weight is 267 g/mol. The van der Waals surface area contributed by atoms with Crippen molar-refractivity contribution in [2.75, 3.05) is 0 Å². The van der Waals surface area contributed by atoms with Crippen LogP contribution in [0.15, 0.2) is 18.2 Å². The van der Waals surface area contributed by atoms with Gasteiger partial charge in [0.2, 0.25) is 0 Å². The summed E-state index contributed by atoms with van der Waals surface area (Å²) in [4.78, 5) is 15.7. The number of carboxylic acid groups (broad SMARTS) is 1. The normalized spacial score (nSPS) is 14.1. The Balaban J connectivity index is 2.35. The zero-order chi connectivity index (χ0) is 14.3. The molecule has 0 saturated carbocycles. The Bertz CT molecular complexity index is 744. The zero-order valence-corrected chi connectivity index (χ0v) is 11.7. The number of fused-ring (bicyclic) bond motifs is 2. The lowest BCUT2D eigenvalue weighted by Gasteiger charge is -2.12. The van der Waals surface area contributed by atoms with Crippen LogP contribution in [0.2, 0.25) is 0 Å². The molecule has 1 aliphatic rings. The van der Waals surface area contributed by atoms with Crippen molar-refractivity contribution in [3.63, 3.8) is 0 Å². The molecule has 0 unspecified atom stereocenters. The molecule has 0 atom stereocenters. The fraction of sp³-hybridized carbons (Fsp3) is 0.294. The number of aryl methyl sites for hydroxylation is 3. The molecule has 1 N–H and O–H groups in total. The van der Waals surface area contributed by atoms with Crippen molar-refractivity contribution >= 4 is 22.9 Å². The first-order valence-corrected chi connectivity index (χ1v) is 6.90. The minimum absolute atomic E-state index is 0.912. The van der Waals surface area contributed by atoms with Crippen LogP contribution >= 0.6 is 0 Å². The molecule has 0 aliphatic heterocycles. The van der Waals surface area contributed by atoms with E-state index in [0.717, 1.165) is 41.4 Å². The number of aromatic nitrogens is 1. The van der Waals surface area contributed by atoms with E-state index in [4.69, 9.17) is 10.1 Å². The van der Waals surface area contributed by atoms with Crippen molar-refractivity contribution in [3.05, 3.63) is 46.2 Å². The molecule has 3 nitrogen and oxygen atoms in total. The Morgan fingerprint density at radius 1 is 1.30 bits per heavy atom. The van der Waals surface area contributed by atoms with Crippen molar-refractivity contribution in [2.45, 2.75) is 33.1 Å². The molecule has 102 valence electrons. The van der Waals surface area contributed by atoms with Crippen LogP contribution in [0.4, 0.5) is 0 Å². The lowest BCUT2D eigenvalue weighted by Crippen LogP contribution is -1.98. The molecule has 0 radical (unpaired) electrons. The van der Waals surface area contributed by atoms with E-state index in [1.165, 1.54) is 22.8 Å². The summed E-state index contributed by atoms with van der Waals surface area (Å²) in [6.07, 6.45) is 6.04. The third-order valence-corrected chi connectivity index (χ3v) is 4.15. The molecule has 0 spiro atoms. The highest BCUT2D eigenvalue weighted by Gasteiger charge is 2.19. The smallest absolute Gasteiger partial charge is 0.328 e. The second-order valence-corrected chi connectivity index (χ2v) is 5.38. The quantitative estimate of drug-likeness (QED) is 0.848. The van der Waals surface area contributed by atoms with E-state index in [-0.39, 0.29) is 0 Å². The Kier molecular flexibility index (Phi) is 3.05. The average Bonchev–Trinajstić information content (AvgIpc) is 2.87. The van der Waals surface area contributed by atoms with Gasteiger partial charge in [-0.05, 0) is 61.4 Å². The summed E-state index contributed by atoms with van der Waals surface area (Å²) in [5.74, 6) is -0.912. The highest BCUT2D eigenvalue weighted by Crippen LogP contribution is 2.32. The summed E-state index contributed by atoms with van der Waals surface area (Å²) in [6.45, 7) is 4.16. The molecule has 0 fully saturated rings. The van der Waals surface area contributed by atoms with Gasteiger partial charge in [-0.15, -0.1) is 0 Å². The predicted molar refractivity (Wildman–Crippen MR) is 79.9 cm³/mol. The zero-order valence-electron chi connectivity index (χ0n) is 11.7. The summed E-state index contributed by atoms with van der Waals surface area (Å²) < 4.78 is 0. The van der Waals surface area contributed by atoms with Crippen molar-refractivity contribution in [3.8, 4) is 0 Å². The van der Waals surface area contributed by atoms with Crippen LogP contribution in [0.3, 0.4) is 0 Å². The van der Waals surface area contributed by atoms with Crippen LogP contribution < -0.4 is 0 Å². The van der Waals surface area contributed by atoms with E-state index in [2.05, 4.69) is 26.0 Å². The fourth-order valence-corrected chi connectivity index (χ4v) is 2.95. The molecule has 1 aliphatic carbocycles. The van der Waals surface area contributed by atoms with E-state index < -0.39 is 5.97 Å². The second-order valence-electron chi connectivity index (χ2n) is 5.38. The minimum Gasteiger partial charge on any atom is -0.478 e. The van der Waals surface area contributed by atoms with Gasteiger partial charge in [-0.25, -0.2) is 4.79 Å². The van der Waals surface area contributed by atoms with Gasteiger partial charge in [0.25, 0.3) is 0 Å². The van der Waals surface area contributed by atoms with E-state index >= 15 is 0 Å². The van der Waals surface area contributed by atoms with Crippen LogP contribution in [-0.2, 0) is 17.6 Å². The van der Waals surface area contributed by atoms with Crippen LogP contribution in [0, 0.1) is 13.8 Å². The number of carbonyl (C=O) groups is 1. The number of benzene rings is 1. The topological polar surface area (TPSA) is 50.2 Å². The number of hydrogen-bond donors (Lipinski definition) is 1. The van der Waals surface area contributed by atoms with Crippen molar-refractivity contribution in [1.29, 1.82) is 0 Å². The summed E-state index contributed by atoms with van der Waals surface area (Å²) in [7, 11) is 0. The Labute approximate surface area is 118 Å². The van der Waals surface area contributed by atoms with Gasteiger partial charge < -0.3 is 5.11 Å². The van der Waals surface area contributed by atoms with Gasteiger partial charge in [0.05, 0.1) is 5.52 Å². The molecule has 0 saturated heterocycles. The molecule has 0 bridgehead atoms. The second kappa shape index (κ2) is 4.75. The van der Waals surface area contributed by atoms with Gasteiger partial charge in [-0.1, -0.05) is 12.1 Å². The van der Waals surface area contributed by atoms with Crippen molar-refractivity contribution in [2.24, 2.45) is 0 Å². The summed E-state index contributed by atoms with van der Waals surface area (Å²) in [6, 6.07) is 4.14. The maximum absolute atomic E-state index is 10.8. The maximum atomic E-state index is 10.8. The number of carboxylic acids is 1. The molecule has 0 amide bonds. The van der Waals surface area contributed by atoms with Gasteiger partial charge in [0, 0.05) is 17.2 Å². The fourth-order valence-electron chi connectivity index (χ4n) is 2.95. The van der Waals surface area contributed by atoms with Gasteiger partial charge in [-0.2, -0.15) is 0 Å². The summed E-state index contributed by atoms with van der Waals surface area (Å²) in [5, 5.41) is 9.95. The van der Waals surface area contributed by atoms with Crippen LogP contribution in [-0.4, -0.2) is 16.1 Å². The molecule has 2 aromatic rings. The summed E-state index contributed by atoms with van der Waals surface area (Å²) >= 11 is 0. The molecule has 3 rings (SSSR count). The monoisotopic (exact) mass is 267 g/mol. The van der Waals surface area contributed by atoms with E-state index in [1.54, 1.807) is 6.08 Å². The largest absolute Gasteiger partial charge is 0.478 e. The highest BCUT2D eigenvalue weighted by molar-refractivity contribution is 5.95. The molecule has 1 aromatic heterocycles. The molecule has 20 heavy (non-hydrogen) atoms. The standard InChI is InChI=1S/C17H17NO2/c1-10-6-7-14-12(8-9-16(19)20)13-4-3-5-15(13)18-17(14)11(10)2/h6-9H,3-5H2,1-2H3,(H,19,20)/b9-8+. The number of aliphatic carboxylic acids is 1. The maximum Gasteiger partial charge on any atom is 0.328 e. The Morgan fingerprint density at radius 3 is 2.85 bits per heavy atom. The van der Waals surface area contributed by atoms with Crippen molar-refractivity contribution in [1.82, 2.24) is 4.98 Å². The molecular formula is C17H17NO2. The number of hydrogen-bond acceptors (Lipinski definition) is 2.